The molecule has 2 fully saturated rings. The van der Waals surface area contributed by atoms with Crippen molar-refractivity contribution in [2.75, 3.05) is 13.1 Å². The standard InChI is InChI=1S/C19H21NO/c1-2-5-15(6-3-1)14-21-17-9-7-16(8-10-17)18-13-19(18)20-11-4-12-20/h1-3,5-10,18-19H,4,11-14H2. The second kappa shape index (κ2) is 5.53. The smallest absolute Gasteiger partial charge is 0.119 e. The third-order valence-electron chi connectivity index (χ3n) is 4.67. The third-order valence-corrected chi connectivity index (χ3v) is 4.67. The Labute approximate surface area is 126 Å². The van der Waals surface area contributed by atoms with Crippen LogP contribution >= 0.6 is 0 Å². The van der Waals surface area contributed by atoms with E-state index in [0.717, 1.165) is 17.7 Å². The van der Waals surface area contributed by atoms with E-state index in [2.05, 4.69) is 41.3 Å². The molecule has 1 aliphatic carbocycles. The number of ether oxygens (including phenoxy) is 1. The van der Waals surface area contributed by atoms with Gasteiger partial charge in [-0.2, -0.15) is 0 Å². The highest BCUT2D eigenvalue weighted by atomic mass is 16.5. The highest BCUT2D eigenvalue weighted by Crippen LogP contribution is 2.46. The molecule has 0 spiro atoms. The van der Waals surface area contributed by atoms with Gasteiger partial charge in [-0.1, -0.05) is 42.5 Å². The predicted molar refractivity (Wildman–Crippen MR) is 84.6 cm³/mol. The normalized spacial score (nSPS) is 24.4. The van der Waals surface area contributed by atoms with Crippen molar-refractivity contribution in [2.45, 2.75) is 31.4 Å². The third kappa shape index (κ3) is 2.81. The number of likely N-dealkylation sites (tertiary alicyclic amines) is 1. The van der Waals surface area contributed by atoms with E-state index in [1.165, 1.54) is 37.1 Å². The Hall–Kier alpha value is -1.80. The lowest BCUT2D eigenvalue weighted by molar-refractivity contribution is 0.168. The van der Waals surface area contributed by atoms with E-state index in [1.54, 1.807) is 0 Å². The lowest BCUT2D eigenvalue weighted by Crippen LogP contribution is -2.39. The van der Waals surface area contributed by atoms with Crippen molar-refractivity contribution < 1.29 is 4.74 Å². The number of nitrogens with zero attached hydrogens (tertiary/aromatic N) is 1. The molecule has 21 heavy (non-hydrogen) atoms. The van der Waals surface area contributed by atoms with E-state index in [0.29, 0.717) is 6.61 Å². The van der Waals surface area contributed by atoms with Crippen LogP contribution in [-0.2, 0) is 6.61 Å². The maximum atomic E-state index is 5.84. The van der Waals surface area contributed by atoms with Gasteiger partial charge in [0.15, 0.2) is 0 Å². The predicted octanol–water partition coefficient (Wildman–Crippen LogP) is 3.83. The Morgan fingerprint density at radius 1 is 0.952 bits per heavy atom. The quantitative estimate of drug-likeness (QED) is 0.825. The van der Waals surface area contributed by atoms with Crippen molar-refractivity contribution in [1.82, 2.24) is 4.90 Å². The van der Waals surface area contributed by atoms with Crippen LogP contribution in [0, 0.1) is 0 Å². The zero-order valence-corrected chi connectivity index (χ0v) is 12.2. The summed E-state index contributed by atoms with van der Waals surface area (Å²) in [6.07, 6.45) is 2.72. The molecule has 0 radical (unpaired) electrons. The van der Waals surface area contributed by atoms with Gasteiger partial charge in [0, 0.05) is 12.0 Å². The van der Waals surface area contributed by atoms with E-state index in [-0.39, 0.29) is 0 Å². The van der Waals surface area contributed by atoms with Crippen LogP contribution in [0.5, 0.6) is 5.75 Å². The Balaban J connectivity index is 1.34. The first-order chi connectivity index (χ1) is 10.4. The first-order valence-corrected chi connectivity index (χ1v) is 7.91. The number of rotatable bonds is 5. The van der Waals surface area contributed by atoms with Gasteiger partial charge >= 0.3 is 0 Å². The van der Waals surface area contributed by atoms with Crippen LogP contribution < -0.4 is 4.74 Å². The summed E-state index contributed by atoms with van der Waals surface area (Å²) in [5.74, 6) is 1.72. The summed E-state index contributed by atoms with van der Waals surface area (Å²) in [6.45, 7) is 3.25. The fourth-order valence-corrected chi connectivity index (χ4v) is 3.17. The van der Waals surface area contributed by atoms with E-state index in [9.17, 15) is 0 Å². The molecule has 0 amide bonds. The van der Waals surface area contributed by atoms with Gasteiger partial charge in [0.05, 0.1) is 0 Å². The topological polar surface area (TPSA) is 12.5 Å². The molecule has 2 atom stereocenters. The van der Waals surface area contributed by atoms with Crippen LogP contribution in [0.1, 0.15) is 29.9 Å². The zero-order chi connectivity index (χ0) is 14.1. The summed E-state index contributed by atoms with van der Waals surface area (Å²) < 4.78 is 5.84. The van der Waals surface area contributed by atoms with E-state index < -0.39 is 0 Å². The van der Waals surface area contributed by atoms with Crippen molar-refractivity contribution in [3.8, 4) is 5.75 Å². The van der Waals surface area contributed by atoms with Crippen LogP contribution in [0.2, 0.25) is 0 Å². The minimum absolute atomic E-state index is 0.639. The second-order valence-electron chi connectivity index (χ2n) is 6.14. The fraction of sp³-hybridized carbons (Fsp3) is 0.368. The maximum absolute atomic E-state index is 5.84. The van der Waals surface area contributed by atoms with E-state index in [1.807, 2.05) is 18.2 Å². The van der Waals surface area contributed by atoms with Crippen LogP contribution in [-0.4, -0.2) is 24.0 Å². The number of hydrogen-bond acceptors (Lipinski definition) is 2. The number of benzene rings is 2. The van der Waals surface area contributed by atoms with Crippen LogP contribution in [0.25, 0.3) is 0 Å². The van der Waals surface area contributed by atoms with Crippen molar-refractivity contribution in [3.63, 3.8) is 0 Å². The molecule has 0 bridgehead atoms. The summed E-state index contributed by atoms with van der Waals surface area (Å²) in [4.78, 5) is 2.62. The molecular formula is C19H21NO. The van der Waals surface area contributed by atoms with Crippen molar-refractivity contribution in [2.24, 2.45) is 0 Å². The minimum atomic E-state index is 0.639. The Kier molecular flexibility index (Phi) is 3.40. The molecule has 0 aromatic heterocycles. The number of hydrogen-bond donors (Lipinski definition) is 0. The molecule has 2 unspecified atom stereocenters. The van der Waals surface area contributed by atoms with Crippen molar-refractivity contribution in [3.05, 3.63) is 65.7 Å². The van der Waals surface area contributed by atoms with Gasteiger partial charge in [0.2, 0.25) is 0 Å². The molecule has 2 aromatic carbocycles. The molecule has 4 rings (SSSR count). The van der Waals surface area contributed by atoms with Crippen LogP contribution in [0.15, 0.2) is 54.6 Å². The average molecular weight is 279 g/mol. The summed E-state index contributed by atoms with van der Waals surface area (Å²) in [6, 6.07) is 19.8. The monoisotopic (exact) mass is 279 g/mol. The lowest BCUT2D eigenvalue weighted by atomic mass is 10.1. The molecule has 108 valence electrons. The van der Waals surface area contributed by atoms with Gasteiger partial charge in [-0.3, -0.25) is 4.90 Å². The van der Waals surface area contributed by atoms with Gasteiger partial charge in [-0.15, -0.1) is 0 Å². The van der Waals surface area contributed by atoms with Crippen LogP contribution in [0.3, 0.4) is 0 Å². The molecule has 2 nitrogen and oxygen atoms in total. The molecule has 2 aromatic rings. The van der Waals surface area contributed by atoms with Crippen molar-refractivity contribution in [1.29, 1.82) is 0 Å². The van der Waals surface area contributed by atoms with Gasteiger partial charge in [-0.25, -0.2) is 0 Å². The molecule has 2 aliphatic rings. The Morgan fingerprint density at radius 2 is 1.71 bits per heavy atom. The molecule has 0 N–H and O–H groups in total. The first kappa shape index (κ1) is 12.9. The first-order valence-electron chi connectivity index (χ1n) is 7.91. The minimum Gasteiger partial charge on any atom is -0.489 e. The largest absolute Gasteiger partial charge is 0.489 e. The summed E-state index contributed by atoms with van der Waals surface area (Å²) in [5, 5.41) is 0. The average Bonchev–Trinajstić information content (AvgIpc) is 3.25. The molecular weight excluding hydrogens is 258 g/mol. The Morgan fingerprint density at radius 3 is 2.38 bits per heavy atom. The molecule has 1 aliphatic heterocycles. The molecule has 1 saturated heterocycles. The molecule has 2 heteroatoms. The van der Waals surface area contributed by atoms with Gasteiger partial charge in [-0.05, 0) is 49.2 Å². The summed E-state index contributed by atoms with van der Waals surface area (Å²) in [7, 11) is 0. The summed E-state index contributed by atoms with van der Waals surface area (Å²) in [5.41, 5.74) is 2.68. The van der Waals surface area contributed by atoms with E-state index >= 15 is 0 Å². The lowest BCUT2D eigenvalue weighted by Gasteiger charge is -2.31. The van der Waals surface area contributed by atoms with Gasteiger partial charge in [0.1, 0.15) is 12.4 Å². The van der Waals surface area contributed by atoms with Gasteiger partial charge < -0.3 is 4.74 Å². The molecule has 1 saturated carbocycles. The summed E-state index contributed by atoms with van der Waals surface area (Å²) >= 11 is 0. The zero-order valence-electron chi connectivity index (χ0n) is 12.2. The molecule has 1 heterocycles. The Bertz CT molecular complexity index is 589. The van der Waals surface area contributed by atoms with Gasteiger partial charge in [0.25, 0.3) is 0 Å². The maximum Gasteiger partial charge on any atom is 0.119 e. The highest BCUT2D eigenvalue weighted by molar-refractivity contribution is 5.34. The van der Waals surface area contributed by atoms with Crippen LogP contribution in [0.4, 0.5) is 0 Å². The van der Waals surface area contributed by atoms with Crippen molar-refractivity contribution >= 4 is 0 Å². The second-order valence-corrected chi connectivity index (χ2v) is 6.14. The fourth-order valence-electron chi connectivity index (χ4n) is 3.17. The highest BCUT2D eigenvalue weighted by Gasteiger charge is 2.44. The SMILES string of the molecule is c1ccc(COc2ccc(C3CC3N3CCC3)cc2)cc1. The van der Waals surface area contributed by atoms with E-state index in [4.69, 9.17) is 4.74 Å².